The molecule has 1 aliphatic rings. The molecule has 0 atom stereocenters. The minimum atomic E-state index is -0.235. The van der Waals surface area contributed by atoms with Crippen molar-refractivity contribution in [1.29, 1.82) is 0 Å². The van der Waals surface area contributed by atoms with Gasteiger partial charge in [-0.2, -0.15) is 0 Å². The van der Waals surface area contributed by atoms with E-state index >= 15 is 0 Å². The summed E-state index contributed by atoms with van der Waals surface area (Å²) < 4.78 is 16.7. The maximum atomic E-state index is 12.7. The van der Waals surface area contributed by atoms with E-state index in [0.29, 0.717) is 48.3 Å². The highest BCUT2D eigenvalue weighted by Crippen LogP contribution is 2.33. The van der Waals surface area contributed by atoms with Gasteiger partial charge in [0, 0.05) is 17.3 Å². The number of hydrogen-bond donors (Lipinski definition) is 1. The first kappa shape index (κ1) is 22.2. The lowest BCUT2D eigenvalue weighted by Gasteiger charge is -2.29. The highest BCUT2D eigenvalue weighted by molar-refractivity contribution is 6.04. The lowest BCUT2D eigenvalue weighted by Crippen LogP contribution is -2.38. The zero-order valence-corrected chi connectivity index (χ0v) is 18.7. The van der Waals surface area contributed by atoms with Gasteiger partial charge in [-0.15, -0.1) is 0 Å². The molecule has 0 saturated carbocycles. The van der Waals surface area contributed by atoms with Crippen LogP contribution >= 0.6 is 0 Å². The molecule has 0 saturated heterocycles. The van der Waals surface area contributed by atoms with Gasteiger partial charge in [-0.3, -0.25) is 9.59 Å². The quantitative estimate of drug-likeness (QED) is 0.545. The summed E-state index contributed by atoms with van der Waals surface area (Å²) in [6.07, 6.45) is 0. The molecule has 1 N–H and O–H groups in total. The number of nitrogens with one attached hydrogen (secondary N) is 1. The number of hydrogen-bond acceptors (Lipinski definition) is 5. The molecule has 0 spiro atoms. The predicted octanol–water partition coefficient (Wildman–Crippen LogP) is 4.66. The molecule has 33 heavy (non-hydrogen) atoms. The van der Waals surface area contributed by atoms with Crippen LogP contribution in [0.1, 0.15) is 29.8 Å². The number of carbonyl (C=O) groups is 2. The topological polar surface area (TPSA) is 77.1 Å². The van der Waals surface area contributed by atoms with E-state index in [1.807, 2.05) is 50.2 Å². The number of carbonyl (C=O) groups excluding carboxylic acids is 2. The van der Waals surface area contributed by atoms with Crippen LogP contribution in [0.5, 0.6) is 17.2 Å². The third-order valence-corrected chi connectivity index (χ3v) is 5.17. The van der Waals surface area contributed by atoms with Crippen molar-refractivity contribution in [3.63, 3.8) is 0 Å². The number of para-hydroxylation sites is 2. The van der Waals surface area contributed by atoms with Gasteiger partial charge in [0.2, 0.25) is 0 Å². The summed E-state index contributed by atoms with van der Waals surface area (Å²) in [7, 11) is 0. The van der Waals surface area contributed by atoms with Gasteiger partial charge in [-0.1, -0.05) is 24.3 Å². The van der Waals surface area contributed by atoms with Gasteiger partial charge in [0.1, 0.15) is 5.75 Å². The van der Waals surface area contributed by atoms with E-state index in [-0.39, 0.29) is 18.4 Å². The fourth-order valence-electron chi connectivity index (χ4n) is 3.60. The van der Waals surface area contributed by atoms with Crippen LogP contribution < -0.4 is 24.4 Å². The molecule has 7 heteroatoms. The molecule has 0 bridgehead atoms. The number of fused-ring (bicyclic) bond motifs is 1. The molecule has 3 aromatic rings. The van der Waals surface area contributed by atoms with Gasteiger partial charge in [0.15, 0.2) is 18.1 Å². The van der Waals surface area contributed by atoms with Crippen LogP contribution in [0.25, 0.3) is 0 Å². The maximum Gasteiger partial charge on any atom is 0.265 e. The molecular formula is C26H26N2O5. The van der Waals surface area contributed by atoms with E-state index in [1.165, 1.54) is 0 Å². The Bertz CT molecular complexity index is 1140. The number of amides is 2. The Kier molecular flexibility index (Phi) is 6.78. The van der Waals surface area contributed by atoms with Crippen LogP contribution in [0.2, 0.25) is 0 Å². The Balaban J connectivity index is 1.45. The van der Waals surface area contributed by atoms with Crippen molar-refractivity contribution in [2.45, 2.75) is 20.4 Å². The molecule has 1 aliphatic heterocycles. The Morgan fingerprint density at radius 2 is 1.70 bits per heavy atom. The van der Waals surface area contributed by atoms with Gasteiger partial charge in [-0.05, 0) is 55.8 Å². The zero-order valence-electron chi connectivity index (χ0n) is 18.7. The molecular weight excluding hydrogens is 420 g/mol. The minimum absolute atomic E-state index is 0.0172. The Labute approximate surface area is 192 Å². The molecule has 4 rings (SSSR count). The molecule has 0 aliphatic carbocycles. The van der Waals surface area contributed by atoms with Crippen LogP contribution in [0.3, 0.4) is 0 Å². The average molecular weight is 447 g/mol. The van der Waals surface area contributed by atoms with Gasteiger partial charge >= 0.3 is 0 Å². The SMILES string of the molecule is CCOc1ccc(NC(=O)c2ccc(CN3C(=O)COc4ccccc43)cc2)cc1OCC. The third kappa shape index (κ3) is 5.09. The van der Waals surface area contributed by atoms with E-state index in [9.17, 15) is 9.59 Å². The summed E-state index contributed by atoms with van der Waals surface area (Å²) in [5, 5.41) is 2.89. The number of ether oxygens (including phenoxy) is 3. The molecule has 0 unspecified atom stereocenters. The highest BCUT2D eigenvalue weighted by Gasteiger charge is 2.25. The first-order chi connectivity index (χ1) is 16.1. The van der Waals surface area contributed by atoms with Gasteiger partial charge in [0.05, 0.1) is 25.4 Å². The molecule has 170 valence electrons. The fraction of sp³-hybridized carbons (Fsp3) is 0.231. The summed E-state index contributed by atoms with van der Waals surface area (Å²) in [4.78, 5) is 26.8. The molecule has 0 fully saturated rings. The summed E-state index contributed by atoms with van der Waals surface area (Å²) in [6, 6.07) is 20.0. The van der Waals surface area contributed by atoms with Crippen molar-refractivity contribution in [3.8, 4) is 17.2 Å². The van der Waals surface area contributed by atoms with Crippen molar-refractivity contribution in [2.75, 3.05) is 30.0 Å². The van der Waals surface area contributed by atoms with Crippen molar-refractivity contribution in [2.24, 2.45) is 0 Å². The lowest BCUT2D eigenvalue weighted by molar-refractivity contribution is -0.121. The first-order valence-corrected chi connectivity index (χ1v) is 10.9. The summed E-state index contributed by atoms with van der Waals surface area (Å²) in [6.45, 7) is 5.24. The van der Waals surface area contributed by atoms with Gasteiger partial charge in [0.25, 0.3) is 11.8 Å². The van der Waals surface area contributed by atoms with Crippen LogP contribution in [0, 0.1) is 0 Å². The first-order valence-electron chi connectivity index (χ1n) is 10.9. The second kappa shape index (κ2) is 10.1. The Morgan fingerprint density at radius 1 is 0.970 bits per heavy atom. The minimum Gasteiger partial charge on any atom is -0.490 e. The van der Waals surface area contributed by atoms with Crippen molar-refractivity contribution >= 4 is 23.2 Å². The molecule has 3 aromatic carbocycles. The second-order valence-corrected chi connectivity index (χ2v) is 7.41. The highest BCUT2D eigenvalue weighted by atomic mass is 16.5. The van der Waals surface area contributed by atoms with Crippen molar-refractivity contribution in [3.05, 3.63) is 77.9 Å². The standard InChI is InChI=1S/C26H26N2O5/c1-3-31-23-14-13-20(15-24(23)32-4-2)27-26(30)19-11-9-18(10-12-19)16-28-21-7-5-6-8-22(21)33-17-25(28)29/h5-15H,3-4,16-17H2,1-2H3,(H,27,30). The van der Waals surface area contributed by atoms with E-state index in [1.54, 1.807) is 35.2 Å². The van der Waals surface area contributed by atoms with Gasteiger partial charge < -0.3 is 24.4 Å². The largest absolute Gasteiger partial charge is 0.490 e. The average Bonchev–Trinajstić information content (AvgIpc) is 2.83. The van der Waals surface area contributed by atoms with E-state index in [2.05, 4.69) is 5.32 Å². The summed E-state index contributed by atoms with van der Waals surface area (Å²) in [5.74, 6) is 1.58. The molecule has 2 amide bonds. The Morgan fingerprint density at radius 3 is 2.45 bits per heavy atom. The molecule has 1 heterocycles. The van der Waals surface area contributed by atoms with E-state index < -0.39 is 0 Å². The van der Waals surface area contributed by atoms with E-state index in [0.717, 1.165) is 11.3 Å². The number of rotatable bonds is 8. The monoisotopic (exact) mass is 446 g/mol. The number of benzene rings is 3. The second-order valence-electron chi connectivity index (χ2n) is 7.41. The molecule has 7 nitrogen and oxygen atoms in total. The number of nitrogens with zero attached hydrogens (tertiary/aromatic N) is 1. The third-order valence-electron chi connectivity index (χ3n) is 5.17. The summed E-state index contributed by atoms with van der Waals surface area (Å²) >= 11 is 0. The van der Waals surface area contributed by atoms with Crippen LogP contribution in [0.15, 0.2) is 66.7 Å². The van der Waals surface area contributed by atoms with Crippen molar-refractivity contribution in [1.82, 2.24) is 0 Å². The lowest BCUT2D eigenvalue weighted by atomic mass is 10.1. The zero-order chi connectivity index (χ0) is 23.2. The summed E-state index contributed by atoms with van der Waals surface area (Å²) in [5.41, 5.74) is 2.79. The maximum absolute atomic E-state index is 12.7. The predicted molar refractivity (Wildman–Crippen MR) is 126 cm³/mol. The van der Waals surface area contributed by atoms with Crippen LogP contribution in [-0.2, 0) is 11.3 Å². The molecule has 0 aromatic heterocycles. The van der Waals surface area contributed by atoms with Crippen LogP contribution in [0.4, 0.5) is 11.4 Å². The van der Waals surface area contributed by atoms with Crippen LogP contribution in [-0.4, -0.2) is 31.6 Å². The Hall–Kier alpha value is -4.00. The van der Waals surface area contributed by atoms with Crippen molar-refractivity contribution < 1.29 is 23.8 Å². The van der Waals surface area contributed by atoms with Gasteiger partial charge in [-0.25, -0.2) is 0 Å². The van der Waals surface area contributed by atoms with E-state index in [4.69, 9.17) is 14.2 Å². The fourth-order valence-corrected chi connectivity index (χ4v) is 3.60. The number of anilines is 2. The molecule has 0 radical (unpaired) electrons. The smallest absolute Gasteiger partial charge is 0.265 e. The normalized spacial score (nSPS) is 12.5.